The van der Waals surface area contributed by atoms with Gasteiger partial charge in [-0.15, -0.1) is 6.58 Å². The largest absolute Gasteiger partial charge is 0.492 e. The number of nitrogens with zero attached hydrogens (tertiary/aromatic N) is 1. The second-order valence-corrected chi connectivity index (χ2v) is 10.1. The lowest BCUT2D eigenvalue weighted by Crippen LogP contribution is -2.34. The Morgan fingerprint density at radius 2 is 1.81 bits per heavy atom. The summed E-state index contributed by atoms with van der Waals surface area (Å²) in [6.45, 7) is 9.86. The minimum absolute atomic E-state index is 0.121. The van der Waals surface area contributed by atoms with Crippen LogP contribution < -0.4 is 15.0 Å². The molecule has 1 aliphatic heterocycles. The molecule has 0 fully saturated rings. The predicted octanol–water partition coefficient (Wildman–Crippen LogP) is 8.20. The number of alkyl halides is 3. The number of ether oxygens (including phenoxy) is 1. The summed E-state index contributed by atoms with van der Waals surface area (Å²) in [5, 5.41) is 12.1. The molecule has 9 heteroatoms. The van der Waals surface area contributed by atoms with E-state index in [-0.39, 0.29) is 12.8 Å². The van der Waals surface area contributed by atoms with E-state index in [4.69, 9.17) is 9.84 Å². The molecular weight excluding hydrogens is 548 g/mol. The highest BCUT2D eigenvalue weighted by molar-refractivity contribution is 5.67. The maximum absolute atomic E-state index is 14.4. The van der Waals surface area contributed by atoms with E-state index in [0.717, 1.165) is 54.8 Å². The van der Waals surface area contributed by atoms with Gasteiger partial charge in [0.25, 0.3) is 0 Å². The van der Waals surface area contributed by atoms with E-state index in [1.165, 1.54) is 23.8 Å². The van der Waals surface area contributed by atoms with E-state index in [0.29, 0.717) is 36.7 Å². The molecule has 1 aliphatic rings. The van der Waals surface area contributed by atoms with Crippen LogP contribution in [0.5, 0.6) is 5.75 Å². The van der Waals surface area contributed by atoms with E-state index in [1.54, 1.807) is 12.1 Å². The van der Waals surface area contributed by atoms with E-state index in [9.17, 15) is 22.4 Å². The van der Waals surface area contributed by atoms with Gasteiger partial charge < -0.3 is 20.1 Å². The molecule has 2 N–H and O–H groups in total. The number of carboxylic acid groups (broad SMARTS) is 1. The molecule has 0 bridgehead atoms. The number of rotatable bonds is 11. The first kappa shape index (κ1) is 32.5. The molecule has 0 atom stereocenters. The number of fused-ring (bicyclic) bond motifs is 1. The highest BCUT2D eigenvalue weighted by Gasteiger charge is 2.30. The molecule has 0 saturated carbocycles. The van der Waals surface area contributed by atoms with Crippen molar-refractivity contribution in [3.63, 3.8) is 0 Å². The zero-order valence-electron chi connectivity index (χ0n) is 24.1. The summed E-state index contributed by atoms with van der Waals surface area (Å²) < 4.78 is 58.5. The lowest BCUT2D eigenvalue weighted by molar-refractivity contribution is -0.138. The van der Waals surface area contributed by atoms with Gasteiger partial charge in [0.2, 0.25) is 0 Å². The lowest BCUT2D eigenvalue weighted by Gasteiger charge is -2.33. The van der Waals surface area contributed by atoms with Crippen molar-refractivity contribution in [2.45, 2.75) is 58.7 Å². The van der Waals surface area contributed by atoms with Crippen molar-refractivity contribution in [2.75, 3.05) is 29.9 Å². The first-order valence-electron chi connectivity index (χ1n) is 14.0. The number of allylic oxidation sites excluding steroid dienone is 1. The van der Waals surface area contributed by atoms with Gasteiger partial charge >= 0.3 is 12.1 Å². The summed E-state index contributed by atoms with van der Waals surface area (Å²) >= 11 is 0. The summed E-state index contributed by atoms with van der Waals surface area (Å²) in [4.78, 5) is 13.0. The van der Waals surface area contributed by atoms with Crippen LogP contribution in [-0.2, 0) is 30.4 Å². The number of aryl methyl sites for hydroxylation is 2. The normalized spacial score (nSPS) is 12.6. The zero-order chi connectivity index (χ0) is 30.7. The molecule has 4 rings (SSSR count). The number of hydrogen-bond acceptors (Lipinski definition) is 4. The molecule has 5 nitrogen and oxygen atoms in total. The third-order valence-corrected chi connectivity index (χ3v) is 7.06. The van der Waals surface area contributed by atoms with Crippen molar-refractivity contribution in [1.29, 1.82) is 0 Å². The van der Waals surface area contributed by atoms with E-state index in [1.807, 2.05) is 6.08 Å². The summed E-state index contributed by atoms with van der Waals surface area (Å²) in [5.74, 6) is -1.00. The quantitative estimate of drug-likeness (QED) is 0.175. The van der Waals surface area contributed by atoms with Gasteiger partial charge in [0, 0.05) is 30.9 Å². The Labute approximate surface area is 244 Å². The number of hydrogen-bond donors (Lipinski definition) is 2. The molecule has 3 aromatic rings. The van der Waals surface area contributed by atoms with Crippen LogP contribution in [0.4, 0.5) is 28.9 Å². The number of benzene rings is 3. The third-order valence-electron chi connectivity index (χ3n) is 7.06. The van der Waals surface area contributed by atoms with Crippen LogP contribution in [0.2, 0.25) is 0 Å². The van der Waals surface area contributed by atoms with Gasteiger partial charge in [-0.3, -0.25) is 4.79 Å². The van der Waals surface area contributed by atoms with Gasteiger partial charge in [-0.25, -0.2) is 4.39 Å². The Hall–Kier alpha value is -4.01. The van der Waals surface area contributed by atoms with Crippen LogP contribution in [0.1, 0.15) is 54.0 Å². The molecule has 0 spiro atoms. The first-order valence-corrected chi connectivity index (χ1v) is 14.0. The second-order valence-electron chi connectivity index (χ2n) is 10.1. The number of halogens is 4. The summed E-state index contributed by atoms with van der Waals surface area (Å²) in [5.41, 5.74) is 4.83. The number of anilines is 2. The minimum atomic E-state index is -4.38. The highest BCUT2D eigenvalue weighted by atomic mass is 19.4. The zero-order valence-corrected chi connectivity index (χ0v) is 24.1. The van der Waals surface area contributed by atoms with Crippen LogP contribution in [0.15, 0.2) is 67.3 Å². The van der Waals surface area contributed by atoms with Gasteiger partial charge in [-0.05, 0) is 91.3 Å². The summed E-state index contributed by atoms with van der Waals surface area (Å²) in [6, 6.07) is 13.6. The molecule has 0 amide bonds. The number of carbonyl (C=O) groups is 1. The molecule has 3 aromatic carbocycles. The maximum atomic E-state index is 14.4. The van der Waals surface area contributed by atoms with Crippen molar-refractivity contribution in [2.24, 2.45) is 0 Å². The lowest BCUT2D eigenvalue weighted by atomic mass is 9.94. The monoisotopic (exact) mass is 586 g/mol. The van der Waals surface area contributed by atoms with Gasteiger partial charge in [-0.2, -0.15) is 13.2 Å². The average Bonchev–Trinajstić information content (AvgIpc) is 2.96. The summed E-state index contributed by atoms with van der Waals surface area (Å²) in [7, 11) is 0. The molecule has 0 saturated heterocycles. The highest BCUT2D eigenvalue weighted by Crippen LogP contribution is 2.33. The van der Waals surface area contributed by atoms with Crippen LogP contribution in [0.25, 0.3) is 0 Å². The smallest absolute Gasteiger partial charge is 0.416 e. The number of aliphatic carboxylic acids is 1. The molecule has 0 aliphatic carbocycles. The topological polar surface area (TPSA) is 61.8 Å². The number of nitrogens with one attached hydrogen (secondary N) is 1. The molecular formula is C33H38F4N2O3. The molecule has 226 valence electrons. The van der Waals surface area contributed by atoms with Gasteiger partial charge in [-0.1, -0.05) is 31.2 Å². The minimum Gasteiger partial charge on any atom is -0.492 e. The van der Waals surface area contributed by atoms with Crippen LogP contribution >= 0.6 is 0 Å². The second kappa shape index (κ2) is 15.3. The molecule has 42 heavy (non-hydrogen) atoms. The van der Waals surface area contributed by atoms with E-state index < -0.39 is 23.5 Å². The fraction of sp³-hybridized carbons (Fsp3) is 0.364. The van der Waals surface area contributed by atoms with Crippen LogP contribution in [0.3, 0.4) is 0 Å². The standard InChI is InChI=1S/C29H30F4N2O3.C4H8/c1-19-22(18-34-24-10-6-20(26(30)17-24)7-13-27(36)37)5-4-21-3-2-14-35(28(19)21)15-16-38-25-11-8-23(9-12-25)29(31,32)33;1-3-4-2/h4-6,8-12,17,34H,2-3,7,13-16,18H2,1H3,(H,36,37);3H,1,4H2,2H3. The van der Waals surface area contributed by atoms with E-state index in [2.05, 4.69) is 42.8 Å². The third kappa shape index (κ3) is 9.26. The predicted molar refractivity (Wildman–Crippen MR) is 159 cm³/mol. The van der Waals surface area contributed by atoms with Crippen LogP contribution in [0, 0.1) is 12.7 Å². The van der Waals surface area contributed by atoms with Gasteiger partial charge in [0.15, 0.2) is 0 Å². The molecule has 0 radical (unpaired) electrons. The Morgan fingerprint density at radius 1 is 1.12 bits per heavy atom. The van der Waals surface area contributed by atoms with Crippen molar-refractivity contribution in [1.82, 2.24) is 0 Å². The van der Waals surface area contributed by atoms with Crippen molar-refractivity contribution in [3.8, 4) is 5.75 Å². The van der Waals surface area contributed by atoms with Crippen LogP contribution in [-0.4, -0.2) is 30.8 Å². The SMILES string of the molecule is C=CCC.Cc1c(CNc2ccc(CCC(=O)O)c(F)c2)ccc2c1N(CCOc1ccc(C(F)(F)F)cc1)CCC2. The average molecular weight is 587 g/mol. The van der Waals surface area contributed by atoms with Crippen molar-refractivity contribution < 1.29 is 32.2 Å². The van der Waals surface area contributed by atoms with Gasteiger partial charge in [0.1, 0.15) is 18.2 Å². The Balaban J connectivity index is 0.00000114. The number of carboxylic acids is 1. The summed E-state index contributed by atoms with van der Waals surface area (Å²) in [6.07, 6.45) is 0.564. The molecule has 0 aromatic heterocycles. The maximum Gasteiger partial charge on any atom is 0.416 e. The van der Waals surface area contributed by atoms with Gasteiger partial charge in [0.05, 0.1) is 12.1 Å². The fourth-order valence-corrected chi connectivity index (χ4v) is 4.74. The van der Waals surface area contributed by atoms with E-state index >= 15 is 0 Å². The Morgan fingerprint density at radius 3 is 2.43 bits per heavy atom. The molecule has 0 unspecified atom stereocenters. The van der Waals surface area contributed by atoms with Crippen molar-refractivity contribution in [3.05, 3.63) is 101 Å². The molecule has 1 heterocycles. The fourth-order valence-electron chi connectivity index (χ4n) is 4.74. The Kier molecular flexibility index (Phi) is 11.8. The Bertz CT molecular complexity index is 1340. The first-order chi connectivity index (χ1) is 20.0. The van der Waals surface area contributed by atoms with Crippen molar-refractivity contribution >= 4 is 17.3 Å².